The molecule has 0 saturated heterocycles. The van der Waals surface area contributed by atoms with Gasteiger partial charge in [-0.2, -0.15) is 5.10 Å². The van der Waals surface area contributed by atoms with E-state index < -0.39 is 0 Å². The molecule has 1 saturated carbocycles. The van der Waals surface area contributed by atoms with Crippen LogP contribution in [0.5, 0.6) is 0 Å². The summed E-state index contributed by atoms with van der Waals surface area (Å²) in [5.41, 5.74) is 1.33. The number of hydrogen-bond acceptors (Lipinski definition) is 3. The van der Waals surface area contributed by atoms with Gasteiger partial charge in [-0.25, -0.2) is 4.68 Å². The van der Waals surface area contributed by atoms with Gasteiger partial charge in [0, 0.05) is 18.9 Å². The van der Waals surface area contributed by atoms with E-state index in [2.05, 4.69) is 15.7 Å². The number of nitrogens with zero attached hydrogens (tertiary/aromatic N) is 2. The van der Waals surface area contributed by atoms with Gasteiger partial charge < -0.3 is 10.6 Å². The molecule has 0 unspecified atom stereocenters. The molecule has 0 aliphatic heterocycles. The molecule has 0 spiro atoms. The van der Waals surface area contributed by atoms with Crippen molar-refractivity contribution in [2.24, 2.45) is 11.8 Å². The zero-order valence-corrected chi connectivity index (χ0v) is 14.1. The molecule has 1 aromatic heterocycles. The van der Waals surface area contributed by atoms with Crippen LogP contribution in [-0.4, -0.2) is 28.1 Å². The monoisotopic (exact) mass is 346 g/mol. The zero-order valence-electron chi connectivity index (χ0n) is 13.3. The van der Waals surface area contributed by atoms with E-state index in [1.54, 1.807) is 23.1 Å². The lowest BCUT2D eigenvalue weighted by Crippen LogP contribution is -2.29. The number of carbonyl (C=O) groups is 2. The summed E-state index contributed by atoms with van der Waals surface area (Å²) in [5.74, 6) is 0.469. The summed E-state index contributed by atoms with van der Waals surface area (Å²) < 4.78 is 1.61. The molecule has 1 heterocycles. The van der Waals surface area contributed by atoms with Crippen LogP contribution in [0.3, 0.4) is 0 Å². The summed E-state index contributed by atoms with van der Waals surface area (Å²) in [5, 5.41) is 10.3. The van der Waals surface area contributed by atoms with Crippen LogP contribution in [0.1, 0.15) is 19.8 Å². The molecule has 126 valence electrons. The molecule has 7 heteroatoms. The van der Waals surface area contributed by atoms with Crippen molar-refractivity contribution in [3.8, 4) is 5.69 Å². The highest BCUT2D eigenvalue weighted by Crippen LogP contribution is 2.37. The normalized spacial score (nSPS) is 18.9. The number of amides is 2. The number of nitrogens with one attached hydrogen (secondary N) is 2. The Morgan fingerprint density at radius 1 is 1.38 bits per heavy atom. The van der Waals surface area contributed by atoms with Crippen LogP contribution in [0.25, 0.3) is 5.69 Å². The van der Waals surface area contributed by atoms with Crippen molar-refractivity contribution in [3.63, 3.8) is 0 Å². The minimum atomic E-state index is -0.169. The summed E-state index contributed by atoms with van der Waals surface area (Å²) in [6.07, 6.45) is 4.43. The fourth-order valence-electron chi connectivity index (χ4n) is 2.50. The standard InChI is InChI=1S/C17H19ClN4O2/c1-11-8-13(11)17(24)19-7-6-16(23)21-12-9-20-22(10-12)15-5-3-2-4-14(15)18/h2-5,9-11,13H,6-8H2,1H3,(H,19,24)(H,21,23)/t11-,13-/m0/s1. The fraction of sp³-hybridized carbons (Fsp3) is 0.353. The van der Waals surface area contributed by atoms with Crippen molar-refractivity contribution in [1.82, 2.24) is 15.1 Å². The number of anilines is 1. The van der Waals surface area contributed by atoms with Crippen LogP contribution in [0, 0.1) is 11.8 Å². The van der Waals surface area contributed by atoms with E-state index in [1.807, 2.05) is 25.1 Å². The first-order valence-corrected chi connectivity index (χ1v) is 8.29. The second kappa shape index (κ2) is 7.05. The Balaban J connectivity index is 1.48. The van der Waals surface area contributed by atoms with Crippen LogP contribution >= 0.6 is 11.6 Å². The number of benzene rings is 1. The zero-order chi connectivity index (χ0) is 17.1. The Labute approximate surface area is 145 Å². The van der Waals surface area contributed by atoms with E-state index in [0.717, 1.165) is 12.1 Å². The average molecular weight is 347 g/mol. The Kier molecular flexibility index (Phi) is 4.85. The lowest BCUT2D eigenvalue weighted by Gasteiger charge is -2.05. The molecule has 1 aromatic carbocycles. The quantitative estimate of drug-likeness (QED) is 0.844. The van der Waals surface area contributed by atoms with E-state index in [-0.39, 0.29) is 24.2 Å². The molecule has 2 aromatic rings. The Morgan fingerprint density at radius 3 is 2.83 bits per heavy atom. The predicted octanol–water partition coefficient (Wildman–Crippen LogP) is 2.63. The second-order valence-electron chi connectivity index (χ2n) is 6.03. The highest BCUT2D eigenvalue weighted by atomic mass is 35.5. The summed E-state index contributed by atoms with van der Waals surface area (Å²) in [6, 6.07) is 7.33. The van der Waals surface area contributed by atoms with E-state index in [9.17, 15) is 9.59 Å². The van der Waals surface area contributed by atoms with Gasteiger partial charge in [-0.05, 0) is 24.5 Å². The maximum Gasteiger partial charge on any atom is 0.226 e. The van der Waals surface area contributed by atoms with Gasteiger partial charge in [0.25, 0.3) is 0 Å². The van der Waals surface area contributed by atoms with Gasteiger partial charge in [-0.15, -0.1) is 0 Å². The van der Waals surface area contributed by atoms with E-state index in [1.165, 1.54) is 0 Å². The molecule has 24 heavy (non-hydrogen) atoms. The van der Waals surface area contributed by atoms with Gasteiger partial charge in [0.2, 0.25) is 11.8 Å². The molecule has 2 amide bonds. The van der Waals surface area contributed by atoms with Gasteiger partial charge >= 0.3 is 0 Å². The highest BCUT2D eigenvalue weighted by molar-refractivity contribution is 6.32. The topological polar surface area (TPSA) is 76.0 Å². The van der Waals surface area contributed by atoms with Gasteiger partial charge in [0.15, 0.2) is 0 Å². The van der Waals surface area contributed by atoms with Crippen LogP contribution in [-0.2, 0) is 9.59 Å². The number of carbonyl (C=O) groups excluding carboxylic acids is 2. The lowest BCUT2D eigenvalue weighted by molar-refractivity contribution is -0.122. The lowest BCUT2D eigenvalue weighted by atomic mass is 10.3. The Bertz CT molecular complexity index is 759. The maximum absolute atomic E-state index is 11.9. The first-order valence-electron chi connectivity index (χ1n) is 7.91. The smallest absolute Gasteiger partial charge is 0.226 e. The highest BCUT2D eigenvalue weighted by Gasteiger charge is 2.38. The van der Waals surface area contributed by atoms with Crippen molar-refractivity contribution in [1.29, 1.82) is 0 Å². The number of hydrogen-bond donors (Lipinski definition) is 2. The molecular formula is C17H19ClN4O2. The fourth-order valence-corrected chi connectivity index (χ4v) is 2.72. The molecule has 6 nitrogen and oxygen atoms in total. The molecule has 2 N–H and O–H groups in total. The minimum Gasteiger partial charge on any atom is -0.355 e. The minimum absolute atomic E-state index is 0.0434. The molecule has 1 aliphatic rings. The Hall–Kier alpha value is -2.34. The van der Waals surface area contributed by atoms with Crippen molar-refractivity contribution >= 4 is 29.1 Å². The second-order valence-corrected chi connectivity index (χ2v) is 6.44. The van der Waals surface area contributed by atoms with Gasteiger partial charge in [-0.1, -0.05) is 30.7 Å². The molecular weight excluding hydrogens is 328 g/mol. The van der Waals surface area contributed by atoms with Crippen molar-refractivity contribution in [3.05, 3.63) is 41.7 Å². The van der Waals surface area contributed by atoms with Gasteiger partial charge in [-0.3, -0.25) is 9.59 Å². The average Bonchev–Trinajstić information content (AvgIpc) is 3.11. The molecule has 3 rings (SSSR count). The van der Waals surface area contributed by atoms with Crippen molar-refractivity contribution in [2.75, 3.05) is 11.9 Å². The molecule has 0 bridgehead atoms. The molecule has 1 fully saturated rings. The third-order valence-electron chi connectivity index (χ3n) is 4.06. The summed E-state index contributed by atoms with van der Waals surface area (Å²) in [6.45, 7) is 2.39. The summed E-state index contributed by atoms with van der Waals surface area (Å²) in [4.78, 5) is 23.6. The first kappa shape index (κ1) is 16.5. The summed E-state index contributed by atoms with van der Waals surface area (Å²) in [7, 11) is 0. The Morgan fingerprint density at radius 2 is 2.12 bits per heavy atom. The number of para-hydroxylation sites is 1. The largest absolute Gasteiger partial charge is 0.355 e. The van der Waals surface area contributed by atoms with Crippen LogP contribution < -0.4 is 10.6 Å². The third kappa shape index (κ3) is 3.94. The number of rotatable bonds is 6. The van der Waals surface area contributed by atoms with Crippen LogP contribution in [0.2, 0.25) is 5.02 Å². The van der Waals surface area contributed by atoms with E-state index in [4.69, 9.17) is 11.6 Å². The number of halogens is 1. The van der Waals surface area contributed by atoms with Crippen molar-refractivity contribution < 1.29 is 9.59 Å². The van der Waals surface area contributed by atoms with Crippen LogP contribution in [0.15, 0.2) is 36.7 Å². The first-order chi connectivity index (χ1) is 11.5. The van der Waals surface area contributed by atoms with E-state index >= 15 is 0 Å². The SMILES string of the molecule is C[C@H]1C[C@@H]1C(=O)NCCC(=O)Nc1cnn(-c2ccccc2Cl)c1. The number of aromatic nitrogens is 2. The maximum atomic E-state index is 11.9. The van der Waals surface area contributed by atoms with Gasteiger partial charge in [0.05, 0.1) is 28.8 Å². The third-order valence-corrected chi connectivity index (χ3v) is 4.38. The van der Waals surface area contributed by atoms with Gasteiger partial charge in [0.1, 0.15) is 0 Å². The summed E-state index contributed by atoms with van der Waals surface area (Å²) >= 11 is 6.12. The predicted molar refractivity (Wildman–Crippen MR) is 92.1 cm³/mol. The molecule has 2 atom stereocenters. The van der Waals surface area contributed by atoms with Crippen LogP contribution in [0.4, 0.5) is 5.69 Å². The van der Waals surface area contributed by atoms with Crippen molar-refractivity contribution in [2.45, 2.75) is 19.8 Å². The van der Waals surface area contributed by atoms with E-state index in [0.29, 0.717) is 23.2 Å². The molecule has 0 radical (unpaired) electrons. The molecule has 1 aliphatic carbocycles.